The molecule has 5 N–H and O–H groups in total. The number of ether oxygens (including phenoxy) is 3. The summed E-state index contributed by atoms with van der Waals surface area (Å²) in [6.07, 6.45) is -3.63. The molecule has 2 aromatic rings. The van der Waals surface area contributed by atoms with Crippen LogP contribution in [-0.2, 0) is 41.8 Å². The number of aromatic nitrogens is 3. The van der Waals surface area contributed by atoms with Crippen LogP contribution in [0.1, 0.15) is 90.7 Å². The first kappa shape index (κ1) is 49.7. The second-order valence-corrected chi connectivity index (χ2v) is 20.0. The SMILES string of the molecule is CC[C@H]1OC(=O)[C@H](C)[C@@H](O)[C@H](C)[C@@H](O[C@@H]2O[C@H](C)C[C@H](N(C)CCc3cn(CC(=O)c4ccc(S(C)(=O)=O)cc4)nn3)[C@H]2O)[C@](C)(O)C[C@@H](C)CN(C)[C@H](C)[C@@H](O)[C@]1(C)O. The number of Topliss-reactive ketones (excluding diaryl/α,β-unsaturated/α-hetero) is 1. The minimum atomic E-state index is -3.39. The molecule has 0 spiro atoms. The molecule has 2 aliphatic rings. The van der Waals surface area contributed by atoms with Gasteiger partial charge in [-0.1, -0.05) is 38.1 Å². The van der Waals surface area contributed by atoms with Crippen LogP contribution in [0.2, 0.25) is 0 Å². The first-order valence-corrected chi connectivity index (χ1v) is 22.8. The zero-order chi connectivity index (χ0) is 45.1. The van der Waals surface area contributed by atoms with Crippen molar-refractivity contribution < 1.29 is 57.8 Å². The van der Waals surface area contributed by atoms with E-state index >= 15 is 0 Å². The smallest absolute Gasteiger partial charge is 0.311 e. The van der Waals surface area contributed by atoms with Crippen molar-refractivity contribution in [3.63, 3.8) is 0 Å². The maximum absolute atomic E-state index is 13.5. The highest BCUT2D eigenvalue weighted by Gasteiger charge is 2.50. The average molecular weight is 868 g/mol. The number of aliphatic hydroxyl groups is 5. The van der Waals surface area contributed by atoms with Gasteiger partial charge in [0.25, 0.3) is 0 Å². The summed E-state index contributed by atoms with van der Waals surface area (Å²) < 4.78 is 43.5. The van der Waals surface area contributed by atoms with E-state index in [2.05, 4.69) is 10.3 Å². The average Bonchev–Trinajstić information content (AvgIpc) is 3.63. The molecule has 1 aromatic heterocycles. The van der Waals surface area contributed by atoms with E-state index in [-0.39, 0.29) is 42.1 Å². The normalized spacial score (nSPS) is 37.0. The van der Waals surface area contributed by atoms with Gasteiger partial charge in [-0.15, -0.1) is 5.10 Å². The van der Waals surface area contributed by atoms with E-state index in [9.17, 15) is 43.5 Å². The minimum Gasteiger partial charge on any atom is -0.459 e. The number of rotatable bonds is 11. The standard InChI is InChI=1S/C42H69N5O12S/c1-12-34-42(8,54)37(51)28(6)46(10)21-24(2)20-41(7,53)38(26(4)35(49)27(5)39(52)58-34)59-40-36(50)32(19-25(3)57-40)45(9)18-17-30-22-47(44-43-30)23-33(48)29-13-15-31(16-14-29)60(11,55)56/h13-16,22,24-28,32,34-38,40,49-51,53-54H,12,17-21,23H2,1-11H3/t24-,25-,26+,27-,28-,32+,34-,35+,36-,37-,38-,40+,41-,42-/m1/s1. The molecular formula is C42H69N5O12S. The highest BCUT2D eigenvalue weighted by molar-refractivity contribution is 7.90. The quantitative estimate of drug-likeness (QED) is 0.159. The predicted octanol–water partition coefficient (Wildman–Crippen LogP) is 1.47. The minimum absolute atomic E-state index is 0.0899. The zero-order valence-corrected chi connectivity index (χ0v) is 37.8. The largest absolute Gasteiger partial charge is 0.459 e. The Morgan fingerprint density at radius 3 is 2.28 bits per heavy atom. The molecule has 3 heterocycles. The van der Waals surface area contributed by atoms with E-state index < -0.39 is 87.7 Å². The molecule has 0 amide bonds. The molecule has 0 radical (unpaired) electrons. The van der Waals surface area contributed by atoms with Gasteiger partial charge in [0.1, 0.15) is 30.5 Å². The molecule has 0 saturated carbocycles. The van der Waals surface area contributed by atoms with E-state index in [1.54, 1.807) is 33.9 Å². The Morgan fingerprint density at radius 2 is 1.68 bits per heavy atom. The van der Waals surface area contributed by atoms with E-state index in [0.717, 1.165) is 6.26 Å². The van der Waals surface area contributed by atoms with Gasteiger partial charge in [-0.3, -0.25) is 9.59 Å². The van der Waals surface area contributed by atoms with Crippen LogP contribution >= 0.6 is 0 Å². The topological polar surface area (TPSA) is 234 Å². The summed E-state index contributed by atoms with van der Waals surface area (Å²) in [6, 6.07) is 4.71. The van der Waals surface area contributed by atoms with Crippen molar-refractivity contribution in [3.8, 4) is 0 Å². The van der Waals surface area contributed by atoms with Crippen molar-refractivity contribution in [2.45, 2.75) is 159 Å². The molecule has 0 unspecified atom stereocenters. The first-order valence-electron chi connectivity index (χ1n) is 20.9. The number of hydrogen-bond acceptors (Lipinski definition) is 16. The lowest BCUT2D eigenvalue weighted by Crippen LogP contribution is -2.59. The van der Waals surface area contributed by atoms with Crippen LogP contribution in [0.3, 0.4) is 0 Å². The molecule has 2 saturated heterocycles. The third-order valence-electron chi connectivity index (χ3n) is 12.6. The number of carbonyl (C=O) groups is 2. The molecule has 2 aliphatic heterocycles. The summed E-state index contributed by atoms with van der Waals surface area (Å²) >= 11 is 0. The third kappa shape index (κ3) is 12.0. The number of cyclic esters (lactones) is 1. The predicted molar refractivity (Wildman–Crippen MR) is 221 cm³/mol. The molecule has 2 fully saturated rings. The number of likely N-dealkylation sites (N-methyl/N-ethyl adjacent to an activating group) is 2. The fourth-order valence-corrected chi connectivity index (χ4v) is 9.41. The van der Waals surface area contributed by atoms with E-state index in [1.165, 1.54) is 42.8 Å². The number of benzene rings is 1. The summed E-state index contributed by atoms with van der Waals surface area (Å²) in [4.78, 5) is 30.4. The zero-order valence-electron chi connectivity index (χ0n) is 37.0. The second kappa shape index (κ2) is 20.1. The van der Waals surface area contributed by atoms with Crippen LogP contribution in [0.4, 0.5) is 0 Å². The molecule has 18 heteroatoms. The molecule has 60 heavy (non-hydrogen) atoms. The van der Waals surface area contributed by atoms with Gasteiger partial charge in [-0.2, -0.15) is 0 Å². The summed E-state index contributed by atoms with van der Waals surface area (Å²) in [5, 5.41) is 66.9. The second-order valence-electron chi connectivity index (χ2n) is 18.0. The summed E-state index contributed by atoms with van der Waals surface area (Å²) in [7, 11) is 0.272. The highest BCUT2D eigenvalue weighted by Crippen LogP contribution is 2.37. The molecule has 0 bridgehead atoms. The maximum atomic E-state index is 13.5. The lowest BCUT2D eigenvalue weighted by atomic mass is 9.78. The molecular weight excluding hydrogens is 799 g/mol. The summed E-state index contributed by atoms with van der Waals surface area (Å²) in [5.41, 5.74) is -2.45. The lowest BCUT2D eigenvalue weighted by Gasteiger charge is -2.47. The number of carbonyl (C=O) groups excluding carboxylic acids is 2. The van der Waals surface area contributed by atoms with Crippen molar-refractivity contribution in [1.29, 1.82) is 0 Å². The Kier molecular flexibility index (Phi) is 16.6. The van der Waals surface area contributed by atoms with Crippen LogP contribution in [0.25, 0.3) is 0 Å². The van der Waals surface area contributed by atoms with E-state index in [0.29, 0.717) is 37.2 Å². The van der Waals surface area contributed by atoms with Crippen molar-refractivity contribution in [3.05, 3.63) is 41.7 Å². The Bertz CT molecular complexity index is 1840. The lowest BCUT2D eigenvalue weighted by molar-refractivity contribution is -0.299. The third-order valence-corrected chi connectivity index (χ3v) is 13.7. The molecule has 14 atom stereocenters. The van der Waals surface area contributed by atoms with Gasteiger partial charge >= 0.3 is 5.97 Å². The van der Waals surface area contributed by atoms with E-state index in [4.69, 9.17) is 14.2 Å². The Morgan fingerprint density at radius 1 is 1.05 bits per heavy atom. The number of nitrogens with zero attached hydrogens (tertiary/aromatic N) is 5. The van der Waals surface area contributed by atoms with Gasteiger partial charge in [0.05, 0.1) is 40.4 Å². The Labute approximate surface area is 354 Å². The van der Waals surface area contributed by atoms with Crippen molar-refractivity contribution in [2.75, 3.05) is 33.4 Å². The first-order chi connectivity index (χ1) is 27.8. The fourth-order valence-electron chi connectivity index (χ4n) is 8.78. The van der Waals surface area contributed by atoms with Crippen molar-refractivity contribution >= 4 is 21.6 Å². The van der Waals surface area contributed by atoms with Gasteiger partial charge in [0.15, 0.2) is 21.9 Å². The molecule has 1 aromatic carbocycles. The van der Waals surface area contributed by atoms with Crippen LogP contribution in [-0.4, -0.2) is 170 Å². The molecule has 17 nitrogen and oxygen atoms in total. The molecule has 4 rings (SSSR count). The number of esters is 1. The summed E-state index contributed by atoms with van der Waals surface area (Å²) in [5.74, 6) is -3.22. The monoisotopic (exact) mass is 867 g/mol. The summed E-state index contributed by atoms with van der Waals surface area (Å²) in [6.45, 7) is 14.3. The van der Waals surface area contributed by atoms with Crippen molar-refractivity contribution in [2.24, 2.45) is 17.8 Å². The number of ketones is 1. The Balaban J connectivity index is 1.50. The van der Waals surface area contributed by atoms with Crippen LogP contribution < -0.4 is 0 Å². The number of aliphatic hydroxyl groups excluding tert-OH is 3. The molecule has 0 aliphatic carbocycles. The van der Waals surface area contributed by atoms with Gasteiger partial charge in [0.2, 0.25) is 0 Å². The highest BCUT2D eigenvalue weighted by atomic mass is 32.2. The van der Waals surface area contributed by atoms with Crippen LogP contribution in [0, 0.1) is 17.8 Å². The fraction of sp³-hybridized carbons (Fsp3) is 0.762. The van der Waals surface area contributed by atoms with Gasteiger partial charge < -0.3 is 49.5 Å². The number of hydrogen-bond donors (Lipinski definition) is 5. The van der Waals surface area contributed by atoms with E-state index in [1.807, 2.05) is 37.7 Å². The number of sulfone groups is 1. The van der Waals surface area contributed by atoms with Gasteiger partial charge in [0, 0.05) is 55.5 Å². The molecule has 340 valence electrons. The maximum Gasteiger partial charge on any atom is 0.311 e. The van der Waals surface area contributed by atoms with Crippen LogP contribution in [0.5, 0.6) is 0 Å². The van der Waals surface area contributed by atoms with Gasteiger partial charge in [-0.25, -0.2) is 13.1 Å². The Hall–Kier alpha value is -2.91. The van der Waals surface area contributed by atoms with Gasteiger partial charge in [-0.05, 0) is 86.0 Å². The van der Waals surface area contributed by atoms with Crippen molar-refractivity contribution in [1.82, 2.24) is 24.8 Å². The van der Waals surface area contributed by atoms with Crippen LogP contribution in [0.15, 0.2) is 35.4 Å².